The molecule has 2 rings (SSSR count). The number of rotatable bonds is 4. The molecule has 1 atom stereocenters. The van der Waals surface area contributed by atoms with Gasteiger partial charge in [0.05, 0.1) is 0 Å². The van der Waals surface area contributed by atoms with Crippen molar-refractivity contribution >= 4 is 11.8 Å². The monoisotopic (exact) mass is 236 g/mol. The van der Waals surface area contributed by atoms with E-state index in [0.717, 1.165) is 6.54 Å². The quantitative estimate of drug-likeness (QED) is 0.807. The Morgan fingerprint density at radius 1 is 1.38 bits per heavy atom. The van der Waals surface area contributed by atoms with Crippen LogP contribution >= 0.6 is 11.8 Å². The molecule has 2 nitrogen and oxygen atoms in total. The highest BCUT2D eigenvalue weighted by Crippen LogP contribution is 2.17. The molecule has 1 saturated heterocycles. The van der Waals surface area contributed by atoms with Crippen LogP contribution < -0.4 is 5.32 Å². The minimum atomic E-state index is 0.686. The Labute approximate surface area is 102 Å². The van der Waals surface area contributed by atoms with Gasteiger partial charge in [-0.2, -0.15) is 0 Å². The second-order valence-corrected chi connectivity index (χ2v) is 5.24. The maximum Gasteiger partial charge on any atom is 0.0234 e. The number of hydrogen-bond acceptors (Lipinski definition) is 3. The van der Waals surface area contributed by atoms with Crippen LogP contribution in [0.15, 0.2) is 29.2 Å². The summed E-state index contributed by atoms with van der Waals surface area (Å²) in [6.07, 6.45) is 3.40. The summed E-state index contributed by atoms with van der Waals surface area (Å²) in [6.45, 7) is 3.49. The van der Waals surface area contributed by atoms with Crippen molar-refractivity contribution in [3.8, 4) is 0 Å². The first-order chi connectivity index (χ1) is 7.81. The van der Waals surface area contributed by atoms with E-state index in [1.54, 1.807) is 11.8 Å². The first kappa shape index (κ1) is 12.0. The second kappa shape index (κ2) is 5.71. The van der Waals surface area contributed by atoms with Crippen LogP contribution in [0.25, 0.3) is 0 Å². The summed E-state index contributed by atoms with van der Waals surface area (Å²) in [5, 5.41) is 3.35. The Morgan fingerprint density at radius 2 is 2.12 bits per heavy atom. The van der Waals surface area contributed by atoms with Gasteiger partial charge < -0.3 is 5.32 Å². The zero-order valence-corrected chi connectivity index (χ0v) is 10.9. The van der Waals surface area contributed by atoms with Gasteiger partial charge in [0, 0.05) is 30.6 Å². The maximum absolute atomic E-state index is 3.35. The molecule has 1 N–H and O–H groups in total. The molecule has 1 fully saturated rings. The van der Waals surface area contributed by atoms with Crippen molar-refractivity contribution in [3.63, 3.8) is 0 Å². The molecule has 1 aromatic carbocycles. The fraction of sp³-hybridized carbons (Fsp3) is 0.538. The van der Waals surface area contributed by atoms with Gasteiger partial charge in [0.25, 0.3) is 0 Å². The van der Waals surface area contributed by atoms with Crippen LogP contribution in [0, 0.1) is 0 Å². The lowest BCUT2D eigenvalue weighted by molar-refractivity contribution is 0.322. The third kappa shape index (κ3) is 3.00. The molecular formula is C13H20N2S. The van der Waals surface area contributed by atoms with Crippen molar-refractivity contribution in [1.29, 1.82) is 0 Å². The Bertz CT molecular complexity index is 323. The van der Waals surface area contributed by atoms with E-state index in [1.165, 1.54) is 30.0 Å². The standard InChI is InChI=1S/C13H20N2S/c1-14-12-7-8-15(10-12)9-11-3-5-13(16-2)6-4-11/h3-6,12,14H,7-10H2,1-2H3. The average molecular weight is 236 g/mol. The van der Waals surface area contributed by atoms with Crippen molar-refractivity contribution in [2.45, 2.75) is 23.9 Å². The van der Waals surface area contributed by atoms with Crippen LogP contribution in [-0.2, 0) is 6.54 Å². The van der Waals surface area contributed by atoms with E-state index >= 15 is 0 Å². The van der Waals surface area contributed by atoms with Gasteiger partial charge in [-0.25, -0.2) is 0 Å². The number of hydrogen-bond donors (Lipinski definition) is 1. The summed E-state index contributed by atoms with van der Waals surface area (Å²) in [5.74, 6) is 0. The van der Waals surface area contributed by atoms with Crippen LogP contribution in [0.3, 0.4) is 0 Å². The summed E-state index contributed by atoms with van der Waals surface area (Å²) in [4.78, 5) is 3.87. The largest absolute Gasteiger partial charge is 0.316 e. The lowest BCUT2D eigenvalue weighted by atomic mass is 10.2. The Kier molecular flexibility index (Phi) is 4.27. The number of benzene rings is 1. The van der Waals surface area contributed by atoms with E-state index in [2.05, 4.69) is 47.8 Å². The second-order valence-electron chi connectivity index (χ2n) is 4.36. The highest BCUT2D eigenvalue weighted by atomic mass is 32.2. The van der Waals surface area contributed by atoms with Crippen molar-refractivity contribution < 1.29 is 0 Å². The van der Waals surface area contributed by atoms with Crippen LogP contribution in [0.4, 0.5) is 0 Å². The topological polar surface area (TPSA) is 15.3 Å². The number of likely N-dealkylation sites (tertiary alicyclic amines) is 1. The predicted octanol–water partition coefficient (Wildman–Crippen LogP) is 2.20. The zero-order valence-electron chi connectivity index (χ0n) is 10.1. The van der Waals surface area contributed by atoms with Crippen molar-refractivity contribution in [3.05, 3.63) is 29.8 Å². The molecule has 0 aliphatic carbocycles. The number of nitrogens with one attached hydrogen (secondary N) is 1. The first-order valence-electron chi connectivity index (χ1n) is 5.84. The normalized spacial score (nSPS) is 21.5. The molecule has 0 spiro atoms. The molecule has 88 valence electrons. The van der Waals surface area contributed by atoms with Crippen LogP contribution in [0.5, 0.6) is 0 Å². The number of thioether (sulfide) groups is 1. The average Bonchev–Trinajstić information content (AvgIpc) is 2.78. The summed E-state index contributed by atoms with van der Waals surface area (Å²) in [5.41, 5.74) is 1.43. The molecule has 16 heavy (non-hydrogen) atoms. The minimum Gasteiger partial charge on any atom is -0.316 e. The van der Waals surface area contributed by atoms with E-state index in [9.17, 15) is 0 Å². The maximum atomic E-state index is 3.35. The minimum absolute atomic E-state index is 0.686. The SMILES string of the molecule is CNC1CCN(Cc2ccc(SC)cc2)C1. The molecule has 0 aromatic heterocycles. The highest BCUT2D eigenvalue weighted by Gasteiger charge is 2.20. The van der Waals surface area contributed by atoms with Crippen LogP contribution in [-0.4, -0.2) is 37.3 Å². The highest BCUT2D eigenvalue weighted by molar-refractivity contribution is 7.98. The zero-order chi connectivity index (χ0) is 11.4. The van der Waals surface area contributed by atoms with Crippen LogP contribution in [0.2, 0.25) is 0 Å². The van der Waals surface area contributed by atoms with Crippen molar-refractivity contribution in [2.75, 3.05) is 26.4 Å². The smallest absolute Gasteiger partial charge is 0.0234 e. The summed E-state index contributed by atoms with van der Waals surface area (Å²) in [7, 11) is 2.06. The fourth-order valence-electron chi connectivity index (χ4n) is 2.20. The molecule has 0 radical (unpaired) electrons. The van der Waals surface area contributed by atoms with Gasteiger partial charge in [-0.1, -0.05) is 12.1 Å². The lowest BCUT2D eigenvalue weighted by Crippen LogP contribution is -2.29. The number of nitrogens with zero attached hydrogens (tertiary/aromatic N) is 1. The molecule has 1 heterocycles. The van der Waals surface area contributed by atoms with E-state index in [-0.39, 0.29) is 0 Å². The summed E-state index contributed by atoms with van der Waals surface area (Å²) >= 11 is 1.80. The fourth-order valence-corrected chi connectivity index (χ4v) is 2.61. The molecule has 0 amide bonds. The van der Waals surface area contributed by atoms with Gasteiger partial charge in [-0.05, 0) is 37.4 Å². The molecule has 1 unspecified atom stereocenters. The Balaban J connectivity index is 1.89. The van der Waals surface area contributed by atoms with Gasteiger partial charge in [0.15, 0.2) is 0 Å². The molecule has 1 aromatic rings. The first-order valence-corrected chi connectivity index (χ1v) is 7.07. The molecule has 3 heteroatoms. The lowest BCUT2D eigenvalue weighted by Gasteiger charge is -2.16. The van der Waals surface area contributed by atoms with Gasteiger partial charge in [-0.15, -0.1) is 11.8 Å². The third-order valence-electron chi connectivity index (χ3n) is 3.25. The van der Waals surface area contributed by atoms with Gasteiger partial charge in [0.1, 0.15) is 0 Å². The van der Waals surface area contributed by atoms with E-state index < -0.39 is 0 Å². The van der Waals surface area contributed by atoms with Crippen molar-refractivity contribution in [2.24, 2.45) is 0 Å². The van der Waals surface area contributed by atoms with Gasteiger partial charge in [-0.3, -0.25) is 4.90 Å². The molecule has 0 bridgehead atoms. The molecule has 1 aliphatic rings. The van der Waals surface area contributed by atoms with Gasteiger partial charge >= 0.3 is 0 Å². The van der Waals surface area contributed by atoms with E-state index in [1.807, 2.05) is 0 Å². The summed E-state index contributed by atoms with van der Waals surface area (Å²) < 4.78 is 0. The van der Waals surface area contributed by atoms with E-state index in [4.69, 9.17) is 0 Å². The molecular weight excluding hydrogens is 216 g/mol. The van der Waals surface area contributed by atoms with Crippen LogP contribution in [0.1, 0.15) is 12.0 Å². The third-order valence-corrected chi connectivity index (χ3v) is 3.99. The summed E-state index contributed by atoms with van der Waals surface area (Å²) in [6, 6.07) is 9.61. The number of likely N-dealkylation sites (N-methyl/N-ethyl adjacent to an activating group) is 1. The predicted molar refractivity (Wildman–Crippen MR) is 71.0 cm³/mol. The Morgan fingerprint density at radius 3 is 2.69 bits per heavy atom. The molecule has 0 saturated carbocycles. The van der Waals surface area contributed by atoms with Gasteiger partial charge in [0.2, 0.25) is 0 Å². The van der Waals surface area contributed by atoms with Crippen molar-refractivity contribution in [1.82, 2.24) is 10.2 Å². The molecule has 1 aliphatic heterocycles. The Hall–Kier alpha value is -0.510. The van der Waals surface area contributed by atoms with E-state index in [0.29, 0.717) is 6.04 Å².